The fourth-order valence-electron chi connectivity index (χ4n) is 3.78. The number of amides is 1. The van der Waals surface area contributed by atoms with Crippen molar-refractivity contribution in [3.05, 3.63) is 52.9 Å². The topological polar surface area (TPSA) is 82.7 Å². The van der Waals surface area contributed by atoms with E-state index in [0.717, 1.165) is 25.3 Å². The number of anilines is 1. The number of aromatic nitrogens is 3. The van der Waals surface area contributed by atoms with Crippen LogP contribution in [0.1, 0.15) is 41.7 Å². The predicted octanol–water partition coefficient (Wildman–Crippen LogP) is 5.21. The number of hydrogen-bond donors (Lipinski definition) is 3. The van der Waals surface area contributed by atoms with Crippen LogP contribution < -0.4 is 10.6 Å². The number of H-pyrrole nitrogens is 1. The molecular weight excluding hydrogens is 454 g/mol. The fourth-order valence-corrected chi connectivity index (χ4v) is 3.95. The number of hydrogen-bond acceptors (Lipinski definition) is 4. The average molecular weight is 474 g/mol. The lowest BCUT2D eigenvalue weighted by Crippen LogP contribution is -2.41. The third-order valence-corrected chi connectivity index (χ3v) is 5.43. The molecule has 4 rings (SSSR count). The second kappa shape index (κ2) is 9.32. The summed E-state index contributed by atoms with van der Waals surface area (Å²) < 4.78 is 40.0. The van der Waals surface area contributed by atoms with Crippen molar-refractivity contribution >= 4 is 46.5 Å². The van der Waals surface area contributed by atoms with Gasteiger partial charge in [-0.15, -0.1) is 12.4 Å². The normalized spacial score (nSPS) is 19.0. The standard InChI is InChI=1S/C20H19ClF3N5O.ClH/c21-12-4-5-16-15(6-12)17(8-18(29-16)20(22,23)24)27-13-2-1-3-14(7-13)28-19(30)11-9-25-26-10-11;/h4-6,8-10,13-14H,1-3,7H2,(H,25,26)(H,27,29)(H,28,30);1H/t13-,14+;/m0./s1. The van der Waals surface area contributed by atoms with Gasteiger partial charge in [0.05, 0.1) is 17.3 Å². The SMILES string of the molecule is Cl.O=C(N[C@@H]1CCC[C@H](Nc2cc(C(F)(F)F)nc3ccc(Cl)cc23)C1)c1cn[nH]c1. The van der Waals surface area contributed by atoms with Crippen LogP contribution in [0.5, 0.6) is 0 Å². The minimum absolute atomic E-state index is 0. The molecule has 0 aliphatic heterocycles. The van der Waals surface area contributed by atoms with Crippen LogP contribution in [0.4, 0.5) is 18.9 Å². The Hall–Kier alpha value is -2.52. The number of nitrogens with one attached hydrogen (secondary N) is 3. The van der Waals surface area contributed by atoms with Crippen LogP contribution in [-0.2, 0) is 6.18 Å². The van der Waals surface area contributed by atoms with E-state index in [0.29, 0.717) is 28.1 Å². The number of halogens is 5. The third-order valence-electron chi connectivity index (χ3n) is 5.19. The van der Waals surface area contributed by atoms with Gasteiger partial charge in [-0.05, 0) is 49.9 Å². The summed E-state index contributed by atoms with van der Waals surface area (Å²) in [7, 11) is 0. The molecule has 1 aromatic carbocycles. The molecule has 0 spiro atoms. The molecule has 1 aliphatic rings. The van der Waals surface area contributed by atoms with Crippen LogP contribution in [0.2, 0.25) is 5.02 Å². The summed E-state index contributed by atoms with van der Waals surface area (Å²) in [5.41, 5.74) is 0.0362. The second-order valence-electron chi connectivity index (χ2n) is 7.38. The minimum atomic E-state index is -4.56. The van der Waals surface area contributed by atoms with Crippen LogP contribution in [0.15, 0.2) is 36.7 Å². The van der Waals surface area contributed by atoms with E-state index in [4.69, 9.17) is 11.6 Å². The van der Waals surface area contributed by atoms with Crippen molar-refractivity contribution in [2.75, 3.05) is 5.32 Å². The van der Waals surface area contributed by atoms with Gasteiger partial charge in [-0.1, -0.05) is 11.6 Å². The molecule has 0 radical (unpaired) electrons. The van der Waals surface area contributed by atoms with E-state index in [2.05, 4.69) is 25.8 Å². The number of alkyl halides is 3. The van der Waals surface area contributed by atoms with Crippen molar-refractivity contribution < 1.29 is 18.0 Å². The summed E-state index contributed by atoms with van der Waals surface area (Å²) in [6, 6.07) is 5.44. The van der Waals surface area contributed by atoms with Gasteiger partial charge in [0.15, 0.2) is 0 Å². The Morgan fingerprint density at radius 2 is 1.97 bits per heavy atom. The molecule has 0 saturated heterocycles. The molecule has 0 unspecified atom stereocenters. The summed E-state index contributed by atoms with van der Waals surface area (Å²) in [4.78, 5) is 16.0. The molecule has 166 valence electrons. The maximum Gasteiger partial charge on any atom is 0.433 e. The lowest BCUT2D eigenvalue weighted by atomic mass is 9.90. The van der Waals surface area contributed by atoms with Gasteiger partial charge in [0.2, 0.25) is 0 Å². The predicted molar refractivity (Wildman–Crippen MR) is 115 cm³/mol. The van der Waals surface area contributed by atoms with Crippen LogP contribution >= 0.6 is 24.0 Å². The Labute approximate surface area is 187 Å². The summed E-state index contributed by atoms with van der Waals surface area (Å²) >= 11 is 6.06. The zero-order chi connectivity index (χ0) is 21.3. The number of benzene rings is 1. The van der Waals surface area contributed by atoms with Gasteiger partial charge in [0.25, 0.3) is 5.91 Å². The van der Waals surface area contributed by atoms with Gasteiger partial charge >= 0.3 is 6.18 Å². The zero-order valence-electron chi connectivity index (χ0n) is 16.2. The number of pyridine rings is 1. The summed E-state index contributed by atoms with van der Waals surface area (Å²) in [5.74, 6) is -0.227. The first kappa shape index (κ1) is 23.1. The van der Waals surface area contributed by atoms with Crippen molar-refractivity contribution in [1.29, 1.82) is 0 Å². The van der Waals surface area contributed by atoms with E-state index in [9.17, 15) is 18.0 Å². The van der Waals surface area contributed by atoms with Crippen LogP contribution in [0.25, 0.3) is 10.9 Å². The molecule has 6 nitrogen and oxygen atoms in total. The molecule has 1 aliphatic carbocycles. The van der Waals surface area contributed by atoms with E-state index < -0.39 is 11.9 Å². The van der Waals surface area contributed by atoms with Gasteiger partial charge in [0, 0.05) is 34.4 Å². The maximum atomic E-state index is 13.3. The first-order chi connectivity index (χ1) is 14.3. The first-order valence-corrected chi connectivity index (χ1v) is 9.91. The molecule has 0 bridgehead atoms. The number of carbonyl (C=O) groups is 1. The molecule has 2 aromatic heterocycles. The highest BCUT2D eigenvalue weighted by Gasteiger charge is 2.34. The highest BCUT2D eigenvalue weighted by Crippen LogP contribution is 2.35. The Kier molecular flexibility index (Phi) is 6.96. The second-order valence-corrected chi connectivity index (χ2v) is 7.82. The molecule has 3 N–H and O–H groups in total. The highest BCUT2D eigenvalue weighted by molar-refractivity contribution is 6.31. The van der Waals surface area contributed by atoms with Crippen molar-refractivity contribution in [1.82, 2.24) is 20.5 Å². The zero-order valence-corrected chi connectivity index (χ0v) is 17.7. The maximum absolute atomic E-state index is 13.3. The number of nitrogens with zero attached hydrogens (tertiary/aromatic N) is 2. The molecule has 1 saturated carbocycles. The van der Waals surface area contributed by atoms with Crippen LogP contribution in [-0.4, -0.2) is 33.2 Å². The third kappa shape index (κ3) is 5.40. The first-order valence-electron chi connectivity index (χ1n) is 9.53. The number of rotatable bonds is 4. The molecule has 11 heteroatoms. The quantitative estimate of drug-likeness (QED) is 0.485. The Morgan fingerprint density at radius 3 is 2.68 bits per heavy atom. The van der Waals surface area contributed by atoms with Gasteiger partial charge < -0.3 is 10.6 Å². The average Bonchev–Trinajstić information content (AvgIpc) is 3.23. The highest BCUT2D eigenvalue weighted by atomic mass is 35.5. The Bertz CT molecular complexity index is 1060. The summed E-state index contributed by atoms with van der Waals surface area (Å²) in [6.07, 6.45) is 1.41. The Balaban J connectivity index is 0.00000272. The van der Waals surface area contributed by atoms with Gasteiger partial charge in [-0.25, -0.2) is 4.98 Å². The van der Waals surface area contributed by atoms with Gasteiger partial charge in [-0.2, -0.15) is 18.3 Å². The molecular formula is C20H20Cl2F3N5O. The number of fused-ring (bicyclic) bond motifs is 1. The summed E-state index contributed by atoms with van der Waals surface area (Å²) in [6.45, 7) is 0. The minimum Gasteiger partial charge on any atom is -0.382 e. The van der Waals surface area contributed by atoms with Crippen molar-refractivity contribution in [2.24, 2.45) is 0 Å². The van der Waals surface area contributed by atoms with Crippen LogP contribution in [0.3, 0.4) is 0 Å². The van der Waals surface area contributed by atoms with Crippen molar-refractivity contribution in [3.8, 4) is 0 Å². The van der Waals surface area contributed by atoms with Gasteiger partial charge in [-0.3, -0.25) is 9.89 Å². The molecule has 31 heavy (non-hydrogen) atoms. The Morgan fingerprint density at radius 1 is 1.19 bits per heavy atom. The monoisotopic (exact) mass is 473 g/mol. The molecule has 3 aromatic rings. The number of carbonyl (C=O) groups excluding carboxylic acids is 1. The molecule has 1 fully saturated rings. The number of aromatic amines is 1. The van der Waals surface area contributed by atoms with E-state index in [-0.39, 0.29) is 35.9 Å². The van der Waals surface area contributed by atoms with Crippen LogP contribution in [0, 0.1) is 0 Å². The lowest BCUT2D eigenvalue weighted by Gasteiger charge is -2.31. The molecule has 2 heterocycles. The molecule has 1 amide bonds. The van der Waals surface area contributed by atoms with E-state index >= 15 is 0 Å². The van der Waals surface area contributed by atoms with E-state index in [1.807, 2.05) is 0 Å². The largest absolute Gasteiger partial charge is 0.433 e. The lowest BCUT2D eigenvalue weighted by molar-refractivity contribution is -0.140. The molecule has 2 atom stereocenters. The van der Waals surface area contributed by atoms with E-state index in [1.54, 1.807) is 6.07 Å². The van der Waals surface area contributed by atoms with Gasteiger partial charge in [0.1, 0.15) is 5.69 Å². The smallest absolute Gasteiger partial charge is 0.382 e. The summed E-state index contributed by atoms with van der Waals surface area (Å²) in [5, 5.41) is 13.5. The fraction of sp³-hybridized carbons (Fsp3) is 0.350. The van der Waals surface area contributed by atoms with Crippen molar-refractivity contribution in [3.63, 3.8) is 0 Å². The van der Waals surface area contributed by atoms with Crippen molar-refractivity contribution in [2.45, 2.75) is 43.9 Å². The van der Waals surface area contributed by atoms with E-state index in [1.165, 1.54) is 24.5 Å².